The molecule has 0 aromatic heterocycles. The molecule has 4 amide bonds. The number of hydrogen-bond acceptors (Lipinski definition) is 3. The van der Waals surface area contributed by atoms with Crippen LogP contribution in [0.1, 0.15) is 27.5 Å². The Morgan fingerprint density at radius 2 is 1.83 bits per heavy atom. The van der Waals surface area contributed by atoms with Crippen molar-refractivity contribution in [3.05, 3.63) is 65.2 Å². The fourth-order valence-electron chi connectivity index (χ4n) is 2.36. The van der Waals surface area contributed by atoms with Gasteiger partial charge in [0.05, 0.1) is 0 Å². The van der Waals surface area contributed by atoms with E-state index >= 15 is 0 Å². The zero-order valence-corrected chi connectivity index (χ0v) is 12.4. The van der Waals surface area contributed by atoms with E-state index < -0.39 is 18.0 Å². The van der Waals surface area contributed by atoms with Crippen LogP contribution < -0.4 is 16.0 Å². The molecule has 1 unspecified atom stereocenters. The minimum Gasteiger partial charge on any atom is -0.322 e. The Bertz CT molecular complexity index is 784. The number of anilines is 1. The van der Waals surface area contributed by atoms with Crippen molar-refractivity contribution in [2.45, 2.75) is 13.0 Å². The van der Waals surface area contributed by atoms with Gasteiger partial charge in [-0.25, -0.2) is 4.79 Å². The minimum absolute atomic E-state index is 0.234. The Hall–Kier alpha value is -3.15. The highest BCUT2D eigenvalue weighted by molar-refractivity contribution is 6.05. The van der Waals surface area contributed by atoms with Crippen LogP contribution >= 0.6 is 0 Å². The summed E-state index contributed by atoms with van der Waals surface area (Å²) in [6.07, 6.45) is 0. The van der Waals surface area contributed by atoms with E-state index in [2.05, 4.69) is 16.0 Å². The first-order valence-electron chi connectivity index (χ1n) is 7.12. The zero-order valence-electron chi connectivity index (χ0n) is 12.4. The van der Waals surface area contributed by atoms with E-state index in [9.17, 15) is 14.4 Å². The van der Waals surface area contributed by atoms with E-state index in [0.717, 1.165) is 5.56 Å². The highest BCUT2D eigenvalue weighted by Crippen LogP contribution is 2.20. The fraction of sp³-hybridized carbons (Fsp3) is 0.118. The van der Waals surface area contributed by atoms with Crippen LogP contribution in [0.3, 0.4) is 0 Å². The second kappa shape index (κ2) is 5.92. The molecule has 0 aliphatic carbocycles. The molecule has 3 N–H and O–H groups in total. The van der Waals surface area contributed by atoms with Crippen molar-refractivity contribution in [1.29, 1.82) is 0 Å². The molecule has 6 heteroatoms. The first kappa shape index (κ1) is 14.8. The second-order valence-corrected chi connectivity index (χ2v) is 5.34. The maximum absolute atomic E-state index is 12.2. The number of imide groups is 1. The second-order valence-electron chi connectivity index (χ2n) is 5.34. The fourth-order valence-corrected chi connectivity index (χ4v) is 2.36. The Balaban J connectivity index is 1.77. The summed E-state index contributed by atoms with van der Waals surface area (Å²) < 4.78 is 0. The summed E-state index contributed by atoms with van der Waals surface area (Å²) in [7, 11) is 0. The van der Waals surface area contributed by atoms with Crippen molar-refractivity contribution in [3.63, 3.8) is 0 Å². The minimum atomic E-state index is -0.737. The van der Waals surface area contributed by atoms with Crippen molar-refractivity contribution >= 4 is 23.5 Å². The van der Waals surface area contributed by atoms with Gasteiger partial charge in [-0.05, 0) is 36.8 Å². The van der Waals surface area contributed by atoms with E-state index in [1.807, 2.05) is 19.1 Å². The third kappa shape index (κ3) is 3.21. The number of amides is 4. The molecule has 1 aliphatic heterocycles. The number of urea groups is 1. The Morgan fingerprint density at radius 1 is 1.09 bits per heavy atom. The summed E-state index contributed by atoms with van der Waals surface area (Å²) in [6.45, 7) is 1.95. The number of rotatable bonds is 3. The maximum atomic E-state index is 12.2. The normalized spacial score (nSPS) is 16.7. The van der Waals surface area contributed by atoms with E-state index in [-0.39, 0.29) is 5.91 Å². The predicted molar refractivity (Wildman–Crippen MR) is 85.0 cm³/mol. The summed E-state index contributed by atoms with van der Waals surface area (Å²) in [4.78, 5) is 35.1. The van der Waals surface area contributed by atoms with Gasteiger partial charge in [0.1, 0.15) is 6.04 Å². The third-order valence-corrected chi connectivity index (χ3v) is 3.57. The van der Waals surface area contributed by atoms with Crippen molar-refractivity contribution in [2.24, 2.45) is 0 Å². The summed E-state index contributed by atoms with van der Waals surface area (Å²) >= 11 is 0. The number of aryl methyl sites for hydroxylation is 1. The molecule has 2 aromatic rings. The molecule has 3 rings (SSSR count). The zero-order chi connectivity index (χ0) is 16.4. The molecule has 2 aromatic carbocycles. The predicted octanol–water partition coefficient (Wildman–Crippen LogP) is 2.13. The van der Waals surface area contributed by atoms with Gasteiger partial charge in [0.2, 0.25) is 0 Å². The van der Waals surface area contributed by atoms with Crippen LogP contribution in [0.4, 0.5) is 10.5 Å². The summed E-state index contributed by atoms with van der Waals surface area (Å²) in [5, 5.41) is 7.49. The quantitative estimate of drug-likeness (QED) is 0.759. The molecule has 1 atom stereocenters. The molecule has 0 saturated carbocycles. The van der Waals surface area contributed by atoms with E-state index in [4.69, 9.17) is 0 Å². The first-order valence-corrected chi connectivity index (χ1v) is 7.12. The molecule has 1 saturated heterocycles. The molecule has 1 heterocycles. The highest BCUT2D eigenvalue weighted by Gasteiger charge is 2.30. The Labute approximate surface area is 132 Å². The van der Waals surface area contributed by atoms with Crippen molar-refractivity contribution in [1.82, 2.24) is 10.6 Å². The van der Waals surface area contributed by atoms with Crippen LogP contribution in [0.25, 0.3) is 0 Å². The SMILES string of the molecule is Cc1ccc(C(=O)Nc2cccc(C3NC(=O)NC3=O)c2)cc1. The van der Waals surface area contributed by atoms with Gasteiger partial charge < -0.3 is 10.6 Å². The lowest BCUT2D eigenvalue weighted by molar-refractivity contribution is -0.120. The lowest BCUT2D eigenvalue weighted by Gasteiger charge is -2.11. The number of carbonyl (C=O) groups excluding carboxylic acids is 3. The Kier molecular flexibility index (Phi) is 3.80. The van der Waals surface area contributed by atoms with Gasteiger partial charge in [0.15, 0.2) is 0 Å². The first-order chi connectivity index (χ1) is 11.0. The average Bonchev–Trinajstić information content (AvgIpc) is 2.87. The van der Waals surface area contributed by atoms with E-state index in [0.29, 0.717) is 16.8 Å². The molecule has 116 valence electrons. The largest absolute Gasteiger partial charge is 0.322 e. The lowest BCUT2D eigenvalue weighted by Crippen LogP contribution is -2.22. The van der Waals surface area contributed by atoms with Crippen LogP contribution in [0, 0.1) is 6.92 Å². The molecule has 23 heavy (non-hydrogen) atoms. The van der Waals surface area contributed by atoms with Gasteiger partial charge >= 0.3 is 6.03 Å². The summed E-state index contributed by atoms with van der Waals surface area (Å²) in [5.41, 5.74) is 2.79. The number of benzene rings is 2. The van der Waals surface area contributed by atoms with Gasteiger partial charge in [-0.1, -0.05) is 29.8 Å². The summed E-state index contributed by atoms with van der Waals surface area (Å²) in [5.74, 6) is -0.640. The topological polar surface area (TPSA) is 87.3 Å². The Morgan fingerprint density at radius 3 is 2.48 bits per heavy atom. The molecule has 0 spiro atoms. The molecule has 0 radical (unpaired) electrons. The number of nitrogens with one attached hydrogen (secondary N) is 3. The standard InChI is InChI=1S/C17H15N3O3/c1-10-5-7-11(8-6-10)15(21)18-13-4-2-3-12(9-13)14-16(22)20-17(23)19-14/h2-9,14H,1H3,(H,18,21)(H2,19,20,22,23). The van der Waals surface area contributed by atoms with Gasteiger partial charge in [-0.2, -0.15) is 0 Å². The van der Waals surface area contributed by atoms with E-state index in [1.54, 1.807) is 36.4 Å². The van der Waals surface area contributed by atoms with Crippen molar-refractivity contribution < 1.29 is 14.4 Å². The van der Waals surface area contributed by atoms with Gasteiger partial charge in [0, 0.05) is 11.3 Å². The third-order valence-electron chi connectivity index (χ3n) is 3.57. The van der Waals surface area contributed by atoms with Gasteiger partial charge in [-0.3, -0.25) is 14.9 Å². The van der Waals surface area contributed by atoms with Crippen molar-refractivity contribution in [3.8, 4) is 0 Å². The number of carbonyl (C=O) groups is 3. The molecule has 1 aliphatic rings. The van der Waals surface area contributed by atoms with Crippen LogP contribution in [-0.2, 0) is 4.79 Å². The molecule has 0 bridgehead atoms. The van der Waals surface area contributed by atoms with Crippen LogP contribution in [-0.4, -0.2) is 17.8 Å². The lowest BCUT2D eigenvalue weighted by atomic mass is 10.1. The monoisotopic (exact) mass is 309 g/mol. The molecular weight excluding hydrogens is 294 g/mol. The summed E-state index contributed by atoms with van der Waals surface area (Å²) in [6, 6.07) is 12.8. The molecule has 6 nitrogen and oxygen atoms in total. The van der Waals surface area contributed by atoms with E-state index in [1.165, 1.54) is 0 Å². The number of hydrogen-bond donors (Lipinski definition) is 3. The smallest absolute Gasteiger partial charge is 0.322 e. The van der Waals surface area contributed by atoms with Crippen LogP contribution in [0.5, 0.6) is 0 Å². The molecule has 1 fully saturated rings. The van der Waals surface area contributed by atoms with Crippen LogP contribution in [0.15, 0.2) is 48.5 Å². The van der Waals surface area contributed by atoms with Gasteiger partial charge in [-0.15, -0.1) is 0 Å². The van der Waals surface area contributed by atoms with Crippen molar-refractivity contribution in [2.75, 3.05) is 5.32 Å². The van der Waals surface area contributed by atoms with Gasteiger partial charge in [0.25, 0.3) is 11.8 Å². The van der Waals surface area contributed by atoms with Crippen LogP contribution in [0.2, 0.25) is 0 Å². The maximum Gasteiger partial charge on any atom is 0.322 e. The molecular formula is C17H15N3O3. The average molecular weight is 309 g/mol. The highest BCUT2D eigenvalue weighted by atomic mass is 16.2.